The zero-order valence-corrected chi connectivity index (χ0v) is 11.6. The number of ether oxygens (including phenoxy) is 1. The Morgan fingerprint density at radius 2 is 2.10 bits per heavy atom. The number of benzene rings is 2. The molecule has 5 heteroatoms. The van der Waals surface area contributed by atoms with Gasteiger partial charge in [-0.15, -0.1) is 0 Å². The minimum atomic E-state index is -0.327. The molecular formula is C16H16F2N2O. The maximum absolute atomic E-state index is 14.2. The summed E-state index contributed by atoms with van der Waals surface area (Å²) in [6, 6.07) is 8.91. The van der Waals surface area contributed by atoms with Crippen molar-refractivity contribution in [2.75, 3.05) is 18.6 Å². The first kappa shape index (κ1) is 13.8. The number of nitrogens with zero attached hydrogens (tertiary/aromatic N) is 1. The highest BCUT2D eigenvalue weighted by Crippen LogP contribution is 2.42. The van der Waals surface area contributed by atoms with E-state index in [4.69, 9.17) is 10.5 Å². The van der Waals surface area contributed by atoms with Crippen LogP contribution in [0.3, 0.4) is 0 Å². The predicted octanol–water partition coefficient (Wildman–Crippen LogP) is 2.99. The molecule has 0 spiro atoms. The van der Waals surface area contributed by atoms with E-state index in [1.807, 2.05) is 4.90 Å². The van der Waals surface area contributed by atoms with Gasteiger partial charge in [0.15, 0.2) is 0 Å². The standard InChI is InChI=1S/C16H16F2N2O/c1-21-15-6-5-13(18)16-12(15)9-20(14(16)8-19)11-4-2-3-10(17)7-11/h2-7,14H,8-9,19H2,1H3. The van der Waals surface area contributed by atoms with Gasteiger partial charge >= 0.3 is 0 Å². The van der Waals surface area contributed by atoms with Gasteiger partial charge in [-0.3, -0.25) is 0 Å². The Kier molecular flexibility index (Phi) is 3.51. The Hall–Kier alpha value is -2.14. The number of hydrogen-bond acceptors (Lipinski definition) is 3. The second-order valence-electron chi connectivity index (χ2n) is 5.00. The first-order chi connectivity index (χ1) is 10.2. The summed E-state index contributed by atoms with van der Waals surface area (Å²) in [5.41, 5.74) is 7.83. The lowest BCUT2D eigenvalue weighted by atomic mass is 10.0. The second-order valence-corrected chi connectivity index (χ2v) is 5.00. The molecule has 0 aromatic heterocycles. The number of anilines is 1. The third-order valence-electron chi connectivity index (χ3n) is 3.88. The molecule has 110 valence electrons. The highest BCUT2D eigenvalue weighted by molar-refractivity contribution is 5.58. The van der Waals surface area contributed by atoms with E-state index in [0.29, 0.717) is 23.5 Å². The van der Waals surface area contributed by atoms with Gasteiger partial charge in [0, 0.05) is 29.9 Å². The number of rotatable bonds is 3. The third kappa shape index (κ3) is 2.23. The van der Waals surface area contributed by atoms with Crippen LogP contribution in [0.5, 0.6) is 5.75 Å². The molecule has 21 heavy (non-hydrogen) atoms. The molecular weight excluding hydrogens is 274 g/mol. The van der Waals surface area contributed by atoms with Crippen LogP contribution in [-0.2, 0) is 6.54 Å². The predicted molar refractivity (Wildman–Crippen MR) is 77.3 cm³/mol. The first-order valence-electron chi connectivity index (χ1n) is 6.73. The van der Waals surface area contributed by atoms with Gasteiger partial charge in [0.1, 0.15) is 17.4 Å². The SMILES string of the molecule is COc1ccc(F)c2c1CN(c1cccc(F)c1)C2CN. The fourth-order valence-corrected chi connectivity index (χ4v) is 2.94. The van der Waals surface area contributed by atoms with Crippen molar-refractivity contribution < 1.29 is 13.5 Å². The summed E-state index contributed by atoms with van der Waals surface area (Å²) in [5, 5.41) is 0. The molecule has 2 aromatic rings. The Labute approximate surface area is 121 Å². The van der Waals surface area contributed by atoms with E-state index in [-0.39, 0.29) is 24.2 Å². The summed E-state index contributed by atoms with van der Waals surface area (Å²) in [7, 11) is 1.55. The zero-order valence-electron chi connectivity index (χ0n) is 11.6. The van der Waals surface area contributed by atoms with E-state index in [1.54, 1.807) is 25.3 Å². The molecule has 1 aliphatic heterocycles. The fourth-order valence-electron chi connectivity index (χ4n) is 2.94. The van der Waals surface area contributed by atoms with E-state index in [9.17, 15) is 8.78 Å². The van der Waals surface area contributed by atoms with E-state index < -0.39 is 0 Å². The molecule has 2 aromatic carbocycles. The highest BCUT2D eigenvalue weighted by Gasteiger charge is 2.34. The van der Waals surface area contributed by atoms with Gasteiger partial charge in [0.05, 0.1) is 13.2 Å². The Morgan fingerprint density at radius 1 is 1.29 bits per heavy atom. The zero-order chi connectivity index (χ0) is 15.0. The van der Waals surface area contributed by atoms with Gasteiger partial charge in [0.2, 0.25) is 0 Å². The maximum Gasteiger partial charge on any atom is 0.129 e. The lowest BCUT2D eigenvalue weighted by Gasteiger charge is -2.26. The minimum Gasteiger partial charge on any atom is -0.496 e. The van der Waals surface area contributed by atoms with Gasteiger partial charge in [-0.05, 0) is 30.3 Å². The van der Waals surface area contributed by atoms with Crippen molar-refractivity contribution in [1.29, 1.82) is 0 Å². The molecule has 1 aliphatic rings. The van der Waals surface area contributed by atoms with Crippen molar-refractivity contribution in [2.24, 2.45) is 5.73 Å². The first-order valence-corrected chi connectivity index (χ1v) is 6.73. The van der Waals surface area contributed by atoms with Crippen LogP contribution < -0.4 is 15.4 Å². The lowest BCUT2D eigenvalue weighted by molar-refractivity contribution is 0.409. The van der Waals surface area contributed by atoms with Crippen molar-refractivity contribution >= 4 is 5.69 Å². The topological polar surface area (TPSA) is 38.5 Å². The largest absolute Gasteiger partial charge is 0.496 e. The summed E-state index contributed by atoms with van der Waals surface area (Å²) in [6.07, 6.45) is 0. The molecule has 3 rings (SSSR count). The smallest absolute Gasteiger partial charge is 0.129 e. The molecule has 2 N–H and O–H groups in total. The van der Waals surface area contributed by atoms with Crippen LogP contribution in [0.25, 0.3) is 0 Å². The van der Waals surface area contributed by atoms with Crippen LogP contribution >= 0.6 is 0 Å². The van der Waals surface area contributed by atoms with Crippen LogP contribution in [-0.4, -0.2) is 13.7 Å². The van der Waals surface area contributed by atoms with Gasteiger partial charge < -0.3 is 15.4 Å². The van der Waals surface area contributed by atoms with Gasteiger partial charge in [-0.1, -0.05) is 6.07 Å². The summed E-state index contributed by atoms with van der Waals surface area (Å²) in [6.45, 7) is 0.690. The number of methoxy groups -OCH3 is 1. The summed E-state index contributed by atoms with van der Waals surface area (Å²) in [5.74, 6) is -0.00410. The molecule has 0 saturated heterocycles. The number of hydrogen-bond donors (Lipinski definition) is 1. The molecule has 1 unspecified atom stereocenters. The second kappa shape index (κ2) is 5.33. The van der Waals surface area contributed by atoms with Crippen LogP contribution in [0.4, 0.5) is 14.5 Å². The number of nitrogens with two attached hydrogens (primary N) is 1. The van der Waals surface area contributed by atoms with Crippen molar-refractivity contribution in [3.63, 3.8) is 0 Å². The Bertz CT molecular complexity index is 675. The molecule has 3 nitrogen and oxygen atoms in total. The van der Waals surface area contributed by atoms with E-state index in [1.165, 1.54) is 18.2 Å². The molecule has 0 aliphatic carbocycles. The summed E-state index contributed by atoms with van der Waals surface area (Å²) < 4.78 is 33.0. The third-order valence-corrected chi connectivity index (χ3v) is 3.88. The van der Waals surface area contributed by atoms with E-state index >= 15 is 0 Å². The average Bonchev–Trinajstić information content (AvgIpc) is 2.88. The summed E-state index contributed by atoms with van der Waals surface area (Å²) in [4.78, 5) is 1.90. The van der Waals surface area contributed by atoms with Crippen molar-refractivity contribution in [3.05, 3.63) is 59.2 Å². The van der Waals surface area contributed by atoms with Crippen LogP contribution in [0.1, 0.15) is 17.2 Å². The summed E-state index contributed by atoms with van der Waals surface area (Å²) >= 11 is 0. The molecule has 0 saturated carbocycles. The molecule has 0 radical (unpaired) electrons. The van der Waals surface area contributed by atoms with Crippen LogP contribution in [0.15, 0.2) is 36.4 Å². The van der Waals surface area contributed by atoms with Gasteiger partial charge in [0.25, 0.3) is 0 Å². The normalized spacial score (nSPS) is 17.0. The van der Waals surface area contributed by atoms with Gasteiger partial charge in [-0.2, -0.15) is 0 Å². The molecule has 0 fully saturated rings. The fraction of sp³-hybridized carbons (Fsp3) is 0.250. The highest BCUT2D eigenvalue weighted by atomic mass is 19.1. The van der Waals surface area contributed by atoms with Crippen molar-refractivity contribution in [1.82, 2.24) is 0 Å². The molecule has 0 amide bonds. The minimum absolute atomic E-state index is 0.244. The van der Waals surface area contributed by atoms with E-state index in [0.717, 1.165) is 5.56 Å². The van der Waals surface area contributed by atoms with Crippen LogP contribution in [0, 0.1) is 11.6 Å². The number of halogens is 2. The quantitative estimate of drug-likeness (QED) is 0.944. The maximum atomic E-state index is 14.2. The monoisotopic (exact) mass is 290 g/mol. The van der Waals surface area contributed by atoms with Gasteiger partial charge in [-0.25, -0.2) is 8.78 Å². The van der Waals surface area contributed by atoms with E-state index in [2.05, 4.69) is 0 Å². The average molecular weight is 290 g/mol. The molecule has 1 atom stereocenters. The lowest BCUT2D eigenvalue weighted by Crippen LogP contribution is -2.28. The van der Waals surface area contributed by atoms with Crippen molar-refractivity contribution in [3.8, 4) is 5.75 Å². The molecule has 1 heterocycles. The van der Waals surface area contributed by atoms with Crippen molar-refractivity contribution in [2.45, 2.75) is 12.6 Å². The Balaban J connectivity index is 2.09. The van der Waals surface area contributed by atoms with Crippen LogP contribution in [0.2, 0.25) is 0 Å². The number of fused-ring (bicyclic) bond motifs is 1. The Morgan fingerprint density at radius 3 is 2.76 bits per heavy atom. The molecule has 0 bridgehead atoms.